The number of methoxy groups -OCH3 is 1. The van der Waals surface area contributed by atoms with Crippen LogP contribution in [0.25, 0.3) is 11.1 Å². The van der Waals surface area contributed by atoms with Crippen molar-refractivity contribution in [1.82, 2.24) is 0 Å². The van der Waals surface area contributed by atoms with Crippen LogP contribution in [0.1, 0.15) is 0 Å². The number of hydrogen-bond donors (Lipinski definition) is 0. The number of benzene rings is 2. The van der Waals surface area contributed by atoms with Crippen LogP contribution in [0, 0.1) is 0 Å². The topological polar surface area (TPSA) is 9.23 Å². The van der Waals surface area contributed by atoms with Gasteiger partial charge in [-0.05, 0) is 5.56 Å². The molecule has 0 heterocycles. The Morgan fingerprint density at radius 2 is 1.62 bits per heavy atom. The van der Waals surface area contributed by atoms with Gasteiger partial charge in [0, 0.05) is 10.9 Å². The molecule has 2 aromatic carbocycles. The van der Waals surface area contributed by atoms with Crippen LogP contribution in [-0.2, 0) is 0 Å². The van der Waals surface area contributed by atoms with Crippen LogP contribution in [0.5, 0.6) is 5.75 Å². The number of para-hydroxylation sites is 1. The second-order valence-electron chi connectivity index (χ2n) is 3.29. The summed E-state index contributed by atoms with van der Waals surface area (Å²) in [6.07, 6.45) is 0. The van der Waals surface area contributed by atoms with Crippen molar-refractivity contribution in [2.45, 2.75) is 0 Å². The van der Waals surface area contributed by atoms with Gasteiger partial charge in [0.25, 0.3) is 0 Å². The maximum atomic E-state index is 5.41. The van der Waals surface area contributed by atoms with Crippen molar-refractivity contribution in [3.8, 4) is 16.9 Å². The number of ether oxygens (including phenoxy) is 1. The van der Waals surface area contributed by atoms with Crippen LogP contribution in [0.4, 0.5) is 0 Å². The molecule has 0 aliphatic carbocycles. The van der Waals surface area contributed by atoms with E-state index < -0.39 is 0 Å². The molecule has 1 atom stereocenters. The first-order valence-electron chi connectivity index (χ1n) is 4.81. The summed E-state index contributed by atoms with van der Waals surface area (Å²) in [6.45, 7) is 0. The Kier molecular flexibility index (Phi) is 5.09. The molecule has 0 fully saturated rings. The molecule has 2 aromatic rings. The van der Waals surface area contributed by atoms with Gasteiger partial charge in [0.1, 0.15) is 5.75 Å². The second-order valence-corrected chi connectivity index (χ2v) is 3.92. The zero-order chi connectivity index (χ0) is 10.7. The van der Waals surface area contributed by atoms with E-state index in [0.717, 1.165) is 16.6 Å². The molecule has 0 spiro atoms. The van der Waals surface area contributed by atoms with Crippen LogP contribution >= 0.6 is 9.24 Å². The van der Waals surface area contributed by atoms with Crippen molar-refractivity contribution in [1.29, 1.82) is 0 Å². The molecule has 0 aromatic heterocycles. The molecule has 0 amide bonds. The summed E-state index contributed by atoms with van der Waals surface area (Å²) in [5.41, 5.74) is 2.31. The monoisotopic (exact) mass is 224 g/mol. The minimum absolute atomic E-state index is 0. The Hall–Kier alpha value is -0.733. The summed E-state index contributed by atoms with van der Waals surface area (Å²) >= 11 is 0. The van der Waals surface area contributed by atoms with Crippen LogP contribution in [-0.4, -0.2) is 26.0 Å². The first-order chi connectivity index (χ1) is 7.33. The quantitative estimate of drug-likeness (QED) is 0.561. The normalized spacial score (nSPS) is 9.38. The average Bonchev–Trinajstić information content (AvgIpc) is 2.30. The molecule has 1 nitrogen and oxygen atoms in total. The Balaban J connectivity index is 0.00000128. The van der Waals surface area contributed by atoms with E-state index in [1.54, 1.807) is 7.11 Å². The Morgan fingerprint density at radius 3 is 2.25 bits per heavy atom. The van der Waals surface area contributed by atoms with Gasteiger partial charge in [-0.2, -0.15) is 0 Å². The molecule has 0 aliphatic heterocycles. The van der Waals surface area contributed by atoms with E-state index in [1.807, 2.05) is 30.3 Å². The number of rotatable bonds is 2. The van der Waals surface area contributed by atoms with Gasteiger partial charge in [0.2, 0.25) is 0 Å². The molecule has 0 aliphatic rings. The Labute approximate surface area is 111 Å². The molecule has 16 heavy (non-hydrogen) atoms. The molecule has 0 bridgehead atoms. The van der Waals surface area contributed by atoms with Crippen molar-refractivity contribution in [2.24, 2.45) is 0 Å². The molecule has 0 saturated heterocycles. The summed E-state index contributed by atoms with van der Waals surface area (Å²) in [7, 11) is 4.40. The van der Waals surface area contributed by atoms with Gasteiger partial charge < -0.3 is 4.74 Å². The van der Waals surface area contributed by atoms with E-state index in [9.17, 15) is 0 Å². The summed E-state index contributed by atoms with van der Waals surface area (Å²) in [5.74, 6) is 0.925. The predicted molar refractivity (Wildman–Crippen MR) is 74.9 cm³/mol. The fourth-order valence-electron chi connectivity index (χ4n) is 1.63. The molecular formula is C13H14LiOP. The van der Waals surface area contributed by atoms with E-state index in [1.165, 1.54) is 5.56 Å². The Bertz CT molecular complexity index is 457. The maximum absolute atomic E-state index is 5.41. The van der Waals surface area contributed by atoms with E-state index in [-0.39, 0.29) is 18.9 Å². The predicted octanol–water partition coefficient (Wildman–Crippen LogP) is 2.21. The molecule has 0 N–H and O–H groups in total. The third-order valence-electron chi connectivity index (χ3n) is 2.33. The molecule has 1 unspecified atom stereocenters. The first kappa shape index (κ1) is 13.3. The van der Waals surface area contributed by atoms with Gasteiger partial charge in [-0.25, -0.2) is 0 Å². The molecule has 0 radical (unpaired) electrons. The second kappa shape index (κ2) is 6.11. The molecule has 2 rings (SSSR count). The SMILES string of the molecule is COc1c(P)cccc1-c1ccccc1.[LiH]. The van der Waals surface area contributed by atoms with Crippen molar-refractivity contribution in [2.75, 3.05) is 7.11 Å². The van der Waals surface area contributed by atoms with Crippen molar-refractivity contribution >= 4 is 33.4 Å². The van der Waals surface area contributed by atoms with Gasteiger partial charge in [0.15, 0.2) is 0 Å². The minimum atomic E-state index is 0. The zero-order valence-electron chi connectivity index (χ0n) is 8.60. The Morgan fingerprint density at radius 1 is 0.938 bits per heavy atom. The molecule has 78 valence electrons. The molecule has 3 heteroatoms. The summed E-state index contributed by atoms with van der Waals surface area (Å²) in [6, 6.07) is 16.4. The van der Waals surface area contributed by atoms with E-state index >= 15 is 0 Å². The van der Waals surface area contributed by atoms with Crippen molar-refractivity contribution in [3.05, 3.63) is 48.5 Å². The third-order valence-corrected chi connectivity index (χ3v) is 2.79. The summed E-state index contributed by atoms with van der Waals surface area (Å²) in [4.78, 5) is 0. The van der Waals surface area contributed by atoms with Crippen molar-refractivity contribution in [3.63, 3.8) is 0 Å². The van der Waals surface area contributed by atoms with Gasteiger partial charge in [-0.3, -0.25) is 0 Å². The third kappa shape index (κ3) is 2.69. The average molecular weight is 224 g/mol. The fraction of sp³-hybridized carbons (Fsp3) is 0.0769. The summed E-state index contributed by atoms with van der Waals surface area (Å²) < 4.78 is 5.41. The van der Waals surface area contributed by atoms with E-state index in [0.29, 0.717) is 0 Å². The molecule has 0 saturated carbocycles. The van der Waals surface area contributed by atoms with Gasteiger partial charge in [-0.1, -0.05) is 48.5 Å². The van der Waals surface area contributed by atoms with E-state index in [2.05, 4.69) is 27.4 Å². The van der Waals surface area contributed by atoms with Crippen LogP contribution < -0.4 is 10.0 Å². The van der Waals surface area contributed by atoms with Gasteiger partial charge >= 0.3 is 18.9 Å². The summed E-state index contributed by atoms with van der Waals surface area (Å²) in [5, 5.41) is 1.08. The number of hydrogen-bond acceptors (Lipinski definition) is 1. The zero-order valence-corrected chi connectivity index (χ0v) is 9.76. The fourth-order valence-corrected chi connectivity index (χ4v) is 2.01. The first-order valence-corrected chi connectivity index (χ1v) is 5.38. The molecular weight excluding hydrogens is 210 g/mol. The van der Waals surface area contributed by atoms with Crippen molar-refractivity contribution < 1.29 is 4.74 Å². The van der Waals surface area contributed by atoms with Crippen LogP contribution in [0.2, 0.25) is 0 Å². The van der Waals surface area contributed by atoms with Crippen LogP contribution in [0.3, 0.4) is 0 Å². The standard InChI is InChI=1S/C13H13OP.Li.H/c1-14-13-11(8-5-9-12(13)15)10-6-3-2-4-7-10;;/h2-9H,15H2,1H3;;. The van der Waals surface area contributed by atoms with Gasteiger partial charge in [-0.15, -0.1) is 9.24 Å². The van der Waals surface area contributed by atoms with E-state index in [4.69, 9.17) is 4.74 Å². The van der Waals surface area contributed by atoms with Crippen LogP contribution in [0.15, 0.2) is 48.5 Å². The van der Waals surface area contributed by atoms with Gasteiger partial charge in [0.05, 0.1) is 7.11 Å².